The normalized spacial score (nSPS) is 11.1. The van der Waals surface area contributed by atoms with Crippen LogP contribution in [0.1, 0.15) is 10.5 Å². The second-order valence-corrected chi connectivity index (χ2v) is 3.92. The van der Waals surface area contributed by atoms with Crippen molar-refractivity contribution in [3.63, 3.8) is 0 Å². The first-order valence-corrected chi connectivity index (χ1v) is 5.25. The van der Waals surface area contributed by atoms with Gasteiger partial charge >= 0.3 is 5.69 Å². The molecule has 0 aliphatic rings. The second-order valence-electron chi connectivity index (χ2n) is 3.58. The molecule has 0 aliphatic heterocycles. The van der Waals surface area contributed by atoms with Crippen LogP contribution in [0.25, 0.3) is 16.4 Å². The fraction of sp³-hybridized carbons (Fsp3) is 0. The smallest absolute Gasteiger partial charge is 0.305 e. The third-order valence-electron chi connectivity index (χ3n) is 2.55. The summed E-state index contributed by atoms with van der Waals surface area (Å²) in [7, 11) is 0. The van der Waals surface area contributed by atoms with Crippen LogP contribution < -0.4 is 5.69 Å². The number of carbonyl (C=O) groups is 1. The molecule has 17 heavy (non-hydrogen) atoms. The molecule has 0 aliphatic carbocycles. The molecule has 3 rings (SSSR count). The minimum Gasteiger partial charge on any atom is -0.305 e. The molecular weight excluding hydrogens is 242 g/mol. The van der Waals surface area contributed by atoms with E-state index < -0.39 is 10.9 Å². The minimum atomic E-state index is -0.683. The molecule has 84 valence electrons. The zero-order valence-corrected chi connectivity index (χ0v) is 9.23. The highest BCUT2D eigenvalue weighted by Gasteiger charge is 2.12. The molecule has 0 bridgehead atoms. The first kappa shape index (κ1) is 10.0. The summed E-state index contributed by atoms with van der Waals surface area (Å²) in [5, 5.41) is 3.98. The van der Waals surface area contributed by atoms with E-state index in [4.69, 9.17) is 11.6 Å². The number of nitrogens with zero attached hydrogens (tertiary/aromatic N) is 2. The van der Waals surface area contributed by atoms with Gasteiger partial charge in [0.1, 0.15) is 5.69 Å². The predicted octanol–water partition coefficient (Wildman–Crippen LogP) is 1.55. The molecule has 6 heteroatoms. The van der Waals surface area contributed by atoms with Gasteiger partial charge in [0.2, 0.25) is 0 Å². The molecule has 0 saturated carbocycles. The Labute approximate surface area is 99.6 Å². The molecule has 0 spiro atoms. The summed E-state index contributed by atoms with van der Waals surface area (Å²) >= 11 is 5.35. The van der Waals surface area contributed by atoms with Crippen LogP contribution in [0.2, 0.25) is 0 Å². The molecule has 2 heterocycles. The first-order chi connectivity index (χ1) is 8.16. The summed E-state index contributed by atoms with van der Waals surface area (Å²) in [5.41, 5.74) is 0.920. The lowest BCUT2D eigenvalue weighted by molar-refractivity contribution is 0.107. The van der Waals surface area contributed by atoms with E-state index in [9.17, 15) is 9.59 Å². The molecule has 3 aromatic rings. The molecule has 1 aromatic carbocycles. The van der Waals surface area contributed by atoms with Crippen LogP contribution >= 0.6 is 11.6 Å². The molecule has 2 aromatic heterocycles. The van der Waals surface area contributed by atoms with E-state index in [-0.39, 0.29) is 5.69 Å². The van der Waals surface area contributed by atoms with Crippen molar-refractivity contribution in [2.75, 3.05) is 0 Å². The zero-order valence-electron chi connectivity index (χ0n) is 8.48. The number of hydrogen-bond acceptors (Lipinski definition) is 3. The van der Waals surface area contributed by atoms with Crippen molar-refractivity contribution in [3.05, 3.63) is 46.5 Å². The lowest BCUT2D eigenvalue weighted by Gasteiger charge is -1.98. The van der Waals surface area contributed by atoms with E-state index >= 15 is 0 Å². The Morgan fingerprint density at radius 1 is 1.35 bits per heavy atom. The summed E-state index contributed by atoms with van der Waals surface area (Å²) in [6.45, 7) is 0. The standard InChI is InChI=1S/C11H6ClN3O2/c12-10(16)8-5-9-6-3-1-2-4-7(6)13-11(17)15(9)14-8/h1-5H,(H,13,17). The number of fused-ring (bicyclic) bond motifs is 3. The van der Waals surface area contributed by atoms with Crippen LogP contribution in [0.4, 0.5) is 0 Å². The Bertz CT molecular complexity index is 803. The third kappa shape index (κ3) is 1.43. The molecule has 0 fully saturated rings. The van der Waals surface area contributed by atoms with Crippen LogP contribution in [-0.4, -0.2) is 19.8 Å². The van der Waals surface area contributed by atoms with Gasteiger partial charge in [-0.25, -0.2) is 4.79 Å². The summed E-state index contributed by atoms with van der Waals surface area (Å²) < 4.78 is 1.14. The summed E-state index contributed by atoms with van der Waals surface area (Å²) in [6.07, 6.45) is 0. The summed E-state index contributed by atoms with van der Waals surface area (Å²) in [6, 6.07) is 8.79. The molecule has 0 saturated heterocycles. The number of halogens is 1. The van der Waals surface area contributed by atoms with Gasteiger partial charge in [0.15, 0.2) is 0 Å². The molecule has 0 radical (unpaired) electrons. The second kappa shape index (κ2) is 3.43. The maximum atomic E-state index is 11.7. The third-order valence-corrected chi connectivity index (χ3v) is 2.74. The van der Waals surface area contributed by atoms with E-state index in [2.05, 4.69) is 10.1 Å². The van der Waals surface area contributed by atoms with Crippen LogP contribution in [-0.2, 0) is 0 Å². The van der Waals surface area contributed by atoms with Gasteiger partial charge in [0, 0.05) is 5.39 Å². The predicted molar refractivity (Wildman–Crippen MR) is 63.5 cm³/mol. The van der Waals surface area contributed by atoms with Gasteiger partial charge in [-0.2, -0.15) is 9.61 Å². The maximum absolute atomic E-state index is 11.7. The molecule has 0 atom stereocenters. The fourth-order valence-corrected chi connectivity index (χ4v) is 1.90. The van der Waals surface area contributed by atoms with Crippen molar-refractivity contribution in [3.8, 4) is 0 Å². The van der Waals surface area contributed by atoms with Gasteiger partial charge in [0.05, 0.1) is 11.0 Å². The Balaban J connectivity index is 2.56. The monoisotopic (exact) mass is 247 g/mol. The number of hydrogen-bond donors (Lipinski definition) is 1. The molecule has 5 nitrogen and oxygen atoms in total. The van der Waals surface area contributed by atoms with Crippen molar-refractivity contribution < 1.29 is 4.79 Å². The topological polar surface area (TPSA) is 67.2 Å². The van der Waals surface area contributed by atoms with E-state index in [1.165, 1.54) is 6.07 Å². The number of carbonyl (C=O) groups excluding carboxylic acids is 1. The average Bonchev–Trinajstić information content (AvgIpc) is 2.75. The number of aromatic amines is 1. The number of nitrogens with one attached hydrogen (secondary N) is 1. The molecular formula is C11H6ClN3O2. The minimum absolute atomic E-state index is 0.0634. The van der Waals surface area contributed by atoms with E-state index in [1.807, 2.05) is 18.2 Å². The van der Waals surface area contributed by atoms with Gasteiger partial charge in [-0.3, -0.25) is 4.79 Å². The quantitative estimate of drug-likeness (QED) is 0.664. The Kier molecular flexibility index (Phi) is 2.02. The number of H-pyrrole nitrogens is 1. The molecule has 0 amide bonds. The Morgan fingerprint density at radius 3 is 2.88 bits per heavy atom. The van der Waals surface area contributed by atoms with Crippen molar-refractivity contribution in [1.29, 1.82) is 0 Å². The van der Waals surface area contributed by atoms with Crippen molar-refractivity contribution in [2.24, 2.45) is 0 Å². The summed E-state index contributed by atoms with van der Waals surface area (Å²) in [5.74, 6) is 0. The number of para-hydroxylation sites is 1. The Hall–Kier alpha value is -2.14. The number of rotatable bonds is 1. The van der Waals surface area contributed by atoms with Crippen molar-refractivity contribution in [2.45, 2.75) is 0 Å². The molecule has 1 N–H and O–H groups in total. The largest absolute Gasteiger partial charge is 0.347 e. The maximum Gasteiger partial charge on any atom is 0.347 e. The van der Waals surface area contributed by atoms with E-state index in [0.717, 1.165) is 9.90 Å². The highest BCUT2D eigenvalue weighted by Crippen LogP contribution is 2.17. The summed E-state index contributed by atoms with van der Waals surface area (Å²) in [4.78, 5) is 25.4. The SMILES string of the molecule is O=C(Cl)c1cc2c3ccccc3[nH]c(=O)n2n1. The highest BCUT2D eigenvalue weighted by atomic mass is 35.5. The van der Waals surface area contributed by atoms with Crippen LogP contribution in [0.15, 0.2) is 35.1 Å². The lowest BCUT2D eigenvalue weighted by atomic mass is 10.2. The van der Waals surface area contributed by atoms with E-state index in [0.29, 0.717) is 11.0 Å². The average molecular weight is 248 g/mol. The lowest BCUT2D eigenvalue weighted by Crippen LogP contribution is -2.17. The van der Waals surface area contributed by atoms with Crippen LogP contribution in [0, 0.1) is 0 Å². The number of benzene rings is 1. The van der Waals surface area contributed by atoms with Gasteiger partial charge in [-0.1, -0.05) is 18.2 Å². The molecule has 0 unspecified atom stereocenters. The van der Waals surface area contributed by atoms with Crippen molar-refractivity contribution in [1.82, 2.24) is 14.6 Å². The van der Waals surface area contributed by atoms with Gasteiger partial charge in [-0.15, -0.1) is 0 Å². The van der Waals surface area contributed by atoms with E-state index in [1.54, 1.807) is 6.07 Å². The first-order valence-electron chi connectivity index (χ1n) is 4.87. The highest BCUT2D eigenvalue weighted by molar-refractivity contribution is 6.67. The van der Waals surface area contributed by atoms with Gasteiger partial charge in [-0.05, 0) is 23.7 Å². The van der Waals surface area contributed by atoms with Crippen LogP contribution in [0.5, 0.6) is 0 Å². The van der Waals surface area contributed by atoms with Gasteiger partial charge in [0.25, 0.3) is 5.24 Å². The zero-order chi connectivity index (χ0) is 12.0. The number of aromatic nitrogens is 3. The van der Waals surface area contributed by atoms with Gasteiger partial charge < -0.3 is 4.98 Å². The van der Waals surface area contributed by atoms with Crippen LogP contribution in [0.3, 0.4) is 0 Å². The fourth-order valence-electron chi connectivity index (χ4n) is 1.81. The Morgan fingerprint density at radius 2 is 2.12 bits per heavy atom. The van der Waals surface area contributed by atoms with Crippen molar-refractivity contribution >= 4 is 33.3 Å².